The molecule has 0 radical (unpaired) electrons. The van der Waals surface area contributed by atoms with Crippen LogP contribution in [0.1, 0.15) is 16.7 Å². The van der Waals surface area contributed by atoms with Crippen molar-refractivity contribution >= 4 is 12.0 Å². The van der Waals surface area contributed by atoms with E-state index in [1.54, 1.807) is 6.92 Å². The Bertz CT molecular complexity index is 453. The van der Waals surface area contributed by atoms with Gasteiger partial charge in [0.1, 0.15) is 5.82 Å². The summed E-state index contributed by atoms with van der Waals surface area (Å²) < 4.78 is 13.3. The first kappa shape index (κ1) is 13.4. The highest BCUT2D eigenvalue weighted by Gasteiger charge is 2.07. The van der Waals surface area contributed by atoms with Crippen molar-refractivity contribution in [2.45, 2.75) is 13.5 Å². The minimum Gasteiger partial charge on any atom is -0.478 e. The van der Waals surface area contributed by atoms with Crippen LogP contribution in [0.4, 0.5) is 4.39 Å². The second-order valence-electron chi connectivity index (χ2n) is 4.20. The van der Waals surface area contributed by atoms with E-state index in [0.717, 1.165) is 22.8 Å². The topological polar surface area (TPSA) is 40.5 Å². The molecule has 0 saturated carbocycles. The smallest absolute Gasteiger partial charge is 0.328 e. The normalized spacial score (nSPS) is 11.4. The zero-order valence-corrected chi connectivity index (χ0v) is 10.2. The molecule has 0 fully saturated rings. The van der Waals surface area contributed by atoms with Crippen molar-refractivity contribution in [3.8, 4) is 0 Å². The monoisotopic (exact) mass is 237 g/mol. The molecule has 1 N–H and O–H groups in total. The molecule has 0 saturated heterocycles. The van der Waals surface area contributed by atoms with Crippen molar-refractivity contribution in [3.63, 3.8) is 0 Å². The van der Waals surface area contributed by atoms with Gasteiger partial charge in [0, 0.05) is 12.6 Å². The molecule has 0 amide bonds. The molecule has 1 rings (SSSR count). The maximum absolute atomic E-state index is 13.3. The summed E-state index contributed by atoms with van der Waals surface area (Å²) in [5, 5.41) is 8.62. The molecule has 0 unspecified atom stereocenters. The molecule has 0 heterocycles. The zero-order chi connectivity index (χ0) is 13.0. The van der Waals surface area contributed by atoms with E-state index in [9.17, 15) is 9.18 Å². The van der Waals surface area contributed by atoms with Gasteiger partial charge in [-0.05, 0) is 55.9 Å². The summed E-state index contributed by atoms with van der Waals surface area (Å²) in [6.45, 7) is 2.33. The molecule has 0 bridgehead atoms. The third-order valence-electron chi connectivity index (χ3n) is 2.32. The van der Waals surface area contributed by atoms with Crippen LogP contribution >= 0.6 is 0 Å². The van der Waals surface area contributed by atoms with Crippen molar-refractivity contribution in [3.05, 3.63) is 40.7 Å². The van der Waals surface area contributed by atoms with Gasteiger partial charge in [-0.25, -0.2) is 9.18 Å². The number of carboxylic acid groups (broad SMARTS) is 1. The lowest BCUT2D eigenvalue weighted by Crippen LogP contribution is -2.12. The maximum Gasteiger partial charge on any atom is 0.328 e. The number of halogens is 1. The zero-order valence-electron chi connectivity index (χ0n) is 10.2. The third kappa shape index (κ3) is 4.00. The highest BCUT2D eigenvalue weighted by Crippen LogP contribution is 2.19. The summed E-state index contributed by atoms with van der Waals surface area (Å²) in [5.41, 5.74) is 2.28. The number of benzene rings is 1. The fraction of sp³-hybridized carbons (Fsp3) is 0.308. The van der Waals surface area contributed by atoms with Crippen LogP contribution in [0.25, 0.3) is 6.08 Å². The van der Waals surface area contributed by atoms with Crippen molar-refractivity contribution in [2.75, 3.05) is 14.1 Å². The molecule has 0 spiro atoms. The highest BCUT2D eigenvalue weighted by molar-refractivity contribution is 5.85. The van der Waals surface area contributed by atoms with Crippen molar-refractivity contribution in [1.82, 2.24) is 4.90 Å². The summed E-state index contributed by atoms with van der Waals surface area (Å²) in [7, 11) is 3.76. The Hall–Kier alpha value is -1.68. The van der Waals surface area contributed by atoms with Gasteiger partial charge in [0.2, 0.25) is 0 Å². The largest absolute Gasteiger partial charge is 0.478 e. The van der Waals surface area contributed by atoms with Crippen molar-refractivity contribution in [1.29, 1.82) is 0 Å². The standard InChI is InChI=1S/C13H16FNO2/c1-9-6-11(14)7-10(8-15(2)3)12(9)4-5-13(16)17/h4-7H,8H2,1-3H3,(H,16,17). The van der Waals surface area contributed by atoms with E-state index in [1.165, 1.54) is 18.2 Å². The number of carboxylic acids is 1. The number of aryl methyl sites for hydroxylation is 1. The van der Waals surface area contributed by atoms with Crippen LogP contribution < -0.4 is 0 Å². The van der Waals surface area contributed by atoms with Gasteiger partial charge in [0.25, 0.3) is 0 Å². The van der Waals surface area contributed by atoms with Gasteiger partial charge in [-0.15, -0.1) is 0 Å². The minimum atomic E-state index is -1.01. The van der Waals surface area contributed by atoms with Gasteiger partial charge in [-0.2, -0.15) is 0 Å². The molecule has 0 aliphatic carbocycles. The van der Waals surface area contributed by atoms with E-state index in [-0.39, 0.29) is 5.82 Å². The number of hydrogen-bond acceptors (Lipinski definition) is 2. The maximum atomic E-state index is 13.3. The average Bonchev–Trinajstić information content (AvgIpc) is 2.14. The Balaban J connectivity index is 3.20. The van der Waals surface area contributed by atoms with E-state index >= 15 is 0 Å². The number of nitrogens with zero attached hydrogens (tertiary/aromatic N) is 1. The Labute approximate surface area is 100 Å². The van der Waals surface area contributed by atoms with Gasteiger partial charge in [-0.1, -0.05) is 0 Å². The van der Waals surface area contributed by atoms with Crippen LogP contribution in [0, 0.1) is 12.7 Å². The van der Waals surface area contributed by atoms with Crippen molar-refractivity contribution in [2.24, 2.45) is 0 Å². The summed E-state index contributed by atoms with van der Waals surface area (Å²) in [6.07, 6.45) is 2.58. The van der Waals surface area contributed by atoms with Crippen LogP contribution in [0.15, 0.2) is 18.2 Å². The van der Waals surface area contributed by atoms with Crippen molar-refractivity contribution < 1.29 is 14.3 Å². The van der Waals surface area contributed by atoms with Gasteiger partial charge < -0.3 is 10.0 Å². The Kier molecular flexibility index (Phi) is 4.40. The van der Waals surface area contributed by atoms with E-state index < -0.39 is 5.97 Å². The molecule has 1 aromatic carbocycles. The quantitative estimate of drug-likeness (QED) is 0.817. The number of carbonyl (C=O) groups is 1. The van der Waals surface area contributed by atoms with Crippen LogP contribution in [-0.4, -0.2) is 30.1 Å². The van der Waals surface area contributed by atoms with Crippen LogP contribution in [-0.2, 0) is 11.3 Å². The molecule has 0 aromatic heterocycles. The predicted molar refractivity (Wildman–Crippen MR) is 65.2 cm³/mol. The minimum absolute atomic E-state index is 0.299. The van der Waals surface area contributed by atoms with Gasteiger partial charge >= 0.3 is 5.97 Å². The Morgan fingerprint density at radius 1 is 1.47 bits per heavy atom. The molecular weight excluding hydrogens is 221 g/mol. The van der Waals surface area contributed by atoms with Gasteiger partial charge in [0.15, 0.2) is 0 Å². The number of rotatable bonds is 4. The van der Waals surface area contributed by atoms with E-state index in [4.69, 9.17) is 5.11 Å². The van der Waals surface area contributed by atoms with Crippen LogP contribution in [0.5, 0.6) is 0 Å². The van der Waals surface area contributed by atoms with Crippen LogP contribution in [0.3, 0.4) is 0 Å². The van der Waals surface area contributed by atoms with E-state index in [2.05, 4.69) is 0 Å². The predicted octanol–water partition coefficient (Wildman–Crippen LogP) is 2.29. The summed E-state index contributed by atoms with van der Waals surface area (Å²) in [5.74, 6) is -1.31. The average molecular weight is 237 g/mol. The first-order valence-corrected chi connectivity index (χ1v) is 5.25. The van der Waals surface area contributed by atoms with Gasteiger partial charge in [-0.3, -0.25) is 0 Å². The molecule has 1 aromatic rings. The second-order valence-corrected chi connectivity index (χ2v) is 4.20. The lowest BCUT2D eigenvalue weighted by atomic mass is 10.0. The first-order chi connectivity index (χ1) is 7.90. The first-order valence-electron chi connectivity index (χ1n) is 5.25. The lowest BCUT2D eigenvalue weighted by molar-refractivity contribution is -0.131. The Morgan fingerprint density at radius 2 is 2.12 bits per heavy atom. The molecule has 0 aliphatic rings. The number of hydrogen-bond donors (Lipinski definition) is 1. The summed E-state index contributed by atoms with van der Waals surface area (Å²) in [6, 6.07) is 2.84. The molecule has 0 aliphatic heterocycles. The third-order valence-corrected chi connectivity index (χ3v) is 2.32. The van der Waals surface area contributed by atoms with E-state index in [1.807, 2.05) is 19.0 Å². The molecule has 4 heteroatoms. The number of aliphatic carboxylic acids is 1. The molecule has 92 valence electrons. The second kappa shape index (κ2) is 5.59. The Morgan fingerprint density at radius 3 is 2.65 bits per heavy atom. The highest BCUT2D eigenvalue weighted by atomic mass is 19.1. The summed E-state index contributed by atoms with van der Waals surface area (Å²) in [4.78, 5) is 12.4. The molecule has 3 nitrogen and oxygen atoms in total. The fourth-order valence-corrected chi connectivity index (χ4v) is 1.69. The van der Waals surface area contributed by atoms with E-state index in [0.29, 0.717) is 6.54 Å². The lowest BCUT2D eigenvalue weighted by Gasteiger charge is -2.14. The summed E-state index contributed by atoms with van der Waals surface area (Å²) >= 11 is 0. The SMILES string of the molecule is Cc1cc(F)cc(CN(C)C)c1C=CC(=O)O. The molecule has 17 heavy (non-hydrogen) atoms. The molecule has 0 atom stereocenters. The van der Waals surface area contributed by atoms with Gasteiger partial charge in [0.05, 0.1) is 0 Å². The van der Waals surface area contributed by atoms with Crippen LogP contribution in [0.2, 0.25) is 0 Å². The fourth-order valence-electron chi connectivity index (χ4n) is 1.69. The molecular formula is C13H16FNO2.